The lowest BCUT2D eigenvalue weighted by Gasteiger charge is -2.32. The standard InChI is InChI=1S/C16H15ClF3N7/c17-11-6-13(23-15(21)22-11)26-5-1-2-9(7-26)14-25-24-12-4-3-10(8-27(12)14)16(18,19)20/h3-4,6,8-9H,1-2,5,7H2,(H2,21,22,23). The zero-order valence-electron chi connectivity index (χ0n) is 14.0. The lowest BCUT2D eigenvalue weighted by molar-refractivity contribution is -0.137. The largest absolute Gasteiger partial charge is 0.417 e. The van der Waals surface area contributed by atoms with E-state index in [2.05, 4.69) is 20.2 Å². The number of anilines is 2. The SMILES string of the molecule is Nc1nc(Cl)cc(N2CCCC(c3nnc4ccc(C(F)(F)F)cn34)C2)n1. The van der Waals surface area contributed by atoms with Crippen molar-refractivity contribution >= 4 is 29.0 Å². The van der Waals surface area contributed by atoms with Crippen molar-refractivity contribution in [1.82, 2.24) is 24.6 Å². The minimum Gasteiger partial charge on any atom is -0.368 e. The van der Waals surface area contributed by atoms with Crippen molar-refractivity contribution in [3.8, 4) is 0 Å². The Kier molecular flexibility index (Phi) is 4.29. The van der Waals surface area contributed by atoms with Crippen LogP contribution in [0.25, 0.3) is 5.65 Å². The van der Waals surface area contributed by atoms with Gasteiger partial charge in [-0.05, 0) is 25.0 Å². The summed E-state index contributed by atoms with van der Waals surface area (Å²) >= 11 is 5.95. The van der Waals surface area contributed by atoms with E-state index in [1.165, 1.54) is 10.5 Å². The minimum atomic E-state index is -4.43. The molecule has 1 fully saturated rings. The number of nitrogens with zero attached hydrogens (tertiary/aromatic N) is 6. The molecular formula is C16H15ClF3N7. The van der Waals surface area contributed by atoms with E-state index in [-0.39, 0.29) is 17.0 Å². The lowest BCUT2D eigenvalue weighted by Crippen LogP contribution is -2.35. The fraction of sp³-hybridized carbons (Fsp3) is 0.375. The van der Waals surface area contributed by atoms with Gasteiger partial charge in [0.25, 0.3) is 0 Å². The van der Waals surface area contributed by atoms with Crippen molar-refractivity contribution in [2.75, 3.05) is 23.7 Å². The van der Waals surface area contributed by atoms with E-state index in [1.54, 1.807) is 6.07 Å². The molecule has 0 radical (unpaired) electrons. The second kappa shape index (κ2) is 6.52. The number of piperidine rings is 1. The van der Waals surface area contributed by atoms with Gasteiger partial charge in [-0.15, -0.1) is 10.2 Å². The molecule has 0 amide bonds. The molecule has 1 atom stereocenters. The number of fused-ring (bicyclic) bond motifs is 1. The van der Waals surface area contributed by atoms with Crippen LogP contribution in [0.3, 0.4) is 0 Å². The number of alkyl halides is 3. The average Bonchev–Trinajstić information content (AvgIpc) is 3.03. The summed E-state index contributed by atoms with van der Waals surface area (Å²) in [5.41, 5.74) is 5.30. The van der Waals surface area contributed by atoms with Crippen LogP contribution in [0, 0.1) is 0 Å². The zero-order chi connectivity index (χ0) is 19.2. The number of pyridine rings is 1. The van der Waals surface area contributed by atoms with Crippen LogP contribution in [-0.4, -0.2) is 37.7 Å². The number of nitrogen functional groups attached to an aromatic ring is 1. The summed E-state index contributed by atoms with van der Waals surface area (Å²) in [6, 6.07) is 3.95. The fourth-order valence-electron chi connectivity index (χ4n) is 3.34. The maximum Gasteiger partial charge on any atom is 0.417 e. The lowest BCUT2D eigenvalue weighted by atomic mass is 9.97. The maximum absolute atomic E-state index is 13.1. The van der Waals surface area contributed by atoms with Gasteiger partial charge in [-0.1, -0.05) is 11.6 Å². The first-order valence-electron chi connectivity index (χ1n) is 8.28. The van der Waals surface area contributed by atoms with Crippen LogP contribution in [0.15, 0.2) is 24.4 Å². The molecule has 3 aromatic heterocycles. The number of aromatic nitrogens is 5. The van der Waals surface area contributed by atoms with Gasteiger partial charge in [0, 0.05) is 31.3 Å². The van der Waals surface area contributed by atoms with Gasteiger partial charge in [-0.25, -0.2) is 4.98 Å². The highest BCUT2D eigenvalue weighted by molar-refractivity contribution is 6.29. The van der Waals surface area contributed by atoms with Crippen LogP contribution in [-0.2, 0) is 6.18 Å². The summed E-state index contributed by atoms with van der Waals surface area (Å²) in [5.74, 6) is 1.05. The van der Waals surface area contributed by atoms with Crippen LogP contribution in [0.2, 0.25) is 5.15 Å². The summed E-state index contributed by atoms with van der Waals surface area (Å²) < 4.78 is 40.6. The molecule has 2 N–H and O–H groups in total. The predicted molar refractivity (Wildman–Crippen MR) is 93.6 cm³/mol. The Labute approximate surface area is 157 Å². The molecule has 1 aliphatic heterocycles. The molecule has 0 bridgehead atoms. The third-order valence-corrected chi connectivity index (χ3v) is 4.76. The Morgan fingerprint density at radius 1 is 1.19 bits per heavy atom. The summed E-state index contributed by atoms with van der Waals surface area (Å²) in [6.07, 6.45) is -1.78. The van der Waals surface area contributed by atoms with Crippen LogP contribution in [0.5, 0.6) is 0 Å². The van der Waals surface area contributed by atoms with Gasteiger partial charge < -0.3 is 10.6 Å². The van der Waals surface area contributed by atoms with Gasteiger partial charge in [-0.2, -0.15) is 18.2 Å². The number of hydrogen-bond acceptors (Lipinski definition) is 6. The Morgan fingerprint density at radius 3 is 2.74 bits per heavy atom. The van der Waals surface area contributed by atoms with Crippen LogP contribution < -0.4 is 10.6 Å². The first-order valence-corrected chi connectivity index (χ1v) is 8.66. The predicted octanol–water partition coefficient (Wildman–Crippen LogP) is 3.16. The summed E-state index contributed by atoms with van der Waals surface area (Å²) in [4.78, 5) is 10.0. The van der Waals surface area contributed by atoms with Crippen molar-refractivity contribution in [1.29, 1.82) is 0 Å². The Balaban J connectivity index is 1.67. The van der Waals surface area contributed by atoms with Crippen molar-refractivity contribution in [3.63, 3.8) is 0 Å². The summed E-state index contributed by atoms with van der Waals surface area (Å²) in [7, 11) is 0. The quantitative estimate of drug-likeness (QED) is 0.668. The second-order valence-corrected chi connectivity index (χ2v) is 6.78. The monoisotopic (exact) mass is 397 g/mol. The normalized spacial score (nSPS) is 18.2. The fourth-order valence-corrected chi connectivity index (χ4v) is 3.52. The number of halogens is 4. The second-order valence-electron chi connectivity index (χ2n) is 6.39. The molecule has 0 aliphatic carbocycles. The highest BCUT2D eigenvalue weighted by atomic mass is 35.5. The van der Waals surface area contributed by atoms with E-state index in [4.69, 9.17) is 17.3 Å². The summed E-state index contributed by atoms with van der Waals surface area (Å²) in [6.45, 7) is 1.25. The van der Waals surface area contributed by atoms with Crippen LogP contribution in [0.4, 0.5) is 24.9 Å². The Bertz CT molecular complexity index is 968. The topological polar surface area (TPSA) is 85.2 Å². The first kappa shape index (κ1) is 17.8. The van der Waals surface area contributed by atoms with E-state index in [1.807, 2.05) is 4.90 Å². The van der Waals surface area contributed by atoms with Crippen LogP contribution in [0.1, 0.15) is 30.1 Å². The number of nitrogens with two attached hydrogens (primary N) is 1. The number of hydrogen-bond donors (Lipinski definition) is 1. The van der Waals surface area contributed by atoms with Gasteiger partial charge in [0.15, 0.2) is 5.65 Å². The van der Waals surface area contributed by atoms with Gasteiger partial charge in [0.2, 0.25) is 5.95 Å². The smallest absolute Gasteiger partial charge is 0.368 e. The molecule has 0 spiro atoms. The molecule has 3 aromatic rings. The molecule has 1 saturated heterocycles. The van der Waals surface area contributed by atoms with Crippen molar-refractivity contribution in [2.24, 2.45) is 0 Å². The van der Waals surface area contributed by atoms with Gasteiger partial charge in [0.1, 0.15) is 16.8 Å². The molecule has 4 rings (SSSR count). The van der Waals surface area contributed by atoms with E-state index in [0.29, 0.717) is 23.8 Å². The molecule has 0 saturated carbocycles. The highest BCUT2D eigenvalue weighted by Gasteiger charge is 2.32. The van der Waals surface area contributed by atoms with E-state index in [0.717, 1.165) is 31.6 Å². The van der Waals surface area contributed by atoms with E-state index < -0.39 is 11.7 Å². The number of rotatable bonds is 2. The van der Waals surface area contributed by atoms with Crippen molar-refractivity contribution in [3.05, 3.63) is 40.9 Å². The van der Waals surface area contributed by atoms with Gasteiger partial charge in [0.05, 0.1) is 5.56 Å². The first-order chi connectivity index (χ1) is 12.8. The molecule has 1 aliphatic rings. The highest BCUT2D eigenvalue weighted by Crippen LogP contribution is 2.32. The third-order valence-electron chi connectivity index (χ3n) is 4.57. The van der Waals surface area contributed by atoms with Gasteiger partial charge in [-0.3, -0.25) is 4.40 Å². The van der Waals surface area contributed by atoms with E-state index in [9.17, 15) is 13.2 Å². The molecule has 7 nitrogen and oxygen atoms in total. The third kappa shape index (κ3) is 3.48. The zero-order valence-corrected chi connectivity index (χ0v) is 14.7. The van der Waals surface area contributed by atoms with Crippen molar-refractivity contribution in [2.45, 2.75) is 24.9 Å². The molecule has 0 aromatic carbocycles. The van der Waals surface area contributed by atoms with Gasteiger partial charge >= 0.3 is 6.18 Å². The minimum absolute atomic E-state index is 0.0716. The Morgan fingerprint density at radius 2 is 2.00 bits per heavy atom. The van der Waals surface area contributed by atoms with E-state index >= 15 is 0 Å². The Hall–Kier alpha value is -2.62. The molecule has 27 heavy (non-hydrogen) atoms. The molecular weight excluding hydrogens is 383 g/mol. The molecule has 11 heteroatoms. The van der Waals surface area contributed by atoms with Crippen molar-refractivity contribution < 1.29 is 13.2 Å². The average molecular weight is 398 g/mol. The molecule has 142 valence electrons. The van der Waals surface area contributed by atoms with Crippen LogP contribution >= 0.6 is 11.6 Å². The molecule has 1 unspecified atom stereocenters. The maximum atomic E-state index is 13.1. The molecule has 4 heterocycles. The summed E-state index contributed by atoms with van der Waals surface area (Å²) in [5, 5.41) is 8.38.